The number of imide groups is 1. The van der Waals surface area contributed by atoms with E-state index in [-0.39, 0.29) is 11.8 Å². The standard InChI is InChI=1S/C20H21F6N3O3/c1-10-5-3-8-14(11(10)2)29-16(31)18(20(24,25)26,28-17(29)32)27-15(30)12-6-4-7-13(9-12)19(21,22)23/h4,6-7,9-11,14H,3,5,8H2,1-2H3,(H,27,30)(H,28,32)/t10-,11+,14+,18+/m0/s1. The first-order valence-electron chi connectivity index (χ1n) is 9.91. The molecule has 1 aliphatic heterocycles. The summed E-state index contributed by atoms with van der Waals surface area (Å²) in [7, 11) is 0. The third-order valence-electron chi connectivity index (χ3n) is 6.23. The molecule has 0 unspecified atom stereocenters. The van der Waals surface area contributed by atoms with E-state index in [1.165, 1.54) is 5.32 Å². The third kappa shape index (κ3) is 4.02. The van der Waals surface area contributed by atoms with Gasteiger partial charge >= 0.3 is 18.4 Å². The first-order chi connectivity index (χ1) is 14.7. The zero-order valence-electron chi connectivity index (χ0n) is 17.1. The van der Waals surface area contributed by atoms with E-state index in [1.807, 2.05) is 6.92 Å². The Hall–Kier alpha value is -2.79. The molecule has 12 heteroatoms. The molecule has 3 rings (SSSR count). The van der Waals surface area contributed by atoms with Crippen molar-refractivity contribution in [3.8, 4) is 0 Å². The van der Waals surface area contributed by atoms with Crippen molar-refractivity contribution in [3.05, 3.63) is 35.4 Å². The summed E-state index contributed by atoms with van der Waals surface area (Å²) in [5, 5.41) is 2.99. The Bertz CT molecular complexity index is 932. The third-order valence-corrected chi connectivity index (χ3v) is 6.23. The number of rotatable bonds is 3. The average Bonchev–Trinajstić information content (AvgIpc) is 2.94. The van der Waals surface area contributed by atoms with Crippen LogP contribution in [-0.2, 0) is 11.0 Å². The smallest absolute Gasteiger partial charge is 0.314 e. The number of amides is 4. The predicted octanol–water partition coefficient (Wildman–Crippen LogP) is 4.07. The van der Waals surface area contributed by atoms with Gasteiger partial charge in [0.15, 0.2) is 0 Å². The van der Waals surface area contributed by atoms with Crippen LogP contribution >= 0.6 is 0 Å². The van der Waals surface area contributed by atoms with E-state index in [0.717, 1.165) is 18.6 Å². The molecule has 2 fully saturated rings. The molecule has 176 valence electrons. The van der Waals surface area contributed by atoms with Crippen molar-refractivity contribution in [2.24, 2.45) is 11.8 Å². The van der Waals surface area contributed by atoms with Gasteiger partial charge < -0.3 is 5.32 Å². The van der Waals surface area contributed by atoms with Crippen molar-refractivity contribution in [2.75, 3.05) is 0 Å². The molecular weight excluding hydrogens is 444 g/mol. The van der Waals surface area contributed by atoms with E-state index in [1.54, 1.807) is 12.2 Å². The van der Waals surface area contributed by atoms with Gasteiger partial charge in [-0.05, 0) is 36.5 Å². The summed E-state index contributed by atoms with van der Waals surface area (Å²) in [6.45, 7) is 3.59. The summed E-state index contributed by atoms with van der Waals surface area (Å²) in [5.74, 6) is -3.52. The highest BCUT2D eigenvalue weighted by Crippen LogP contribution is 2.40. The first-order valence-corrected chi connectivity index (χ1v) is 9.91. The maximum atomic E-state index is 14.0. The number of halogens is 6. The molecule has 0 spiro atoms. The Balaban J connectivity index is 1.95. The highest BCUT2D eigenvalue weighted by Gasteiger charge is 2.70. The van der Waals surface area contributed by atoms with Crippen LogP contribution in [0.3, 0.4) is 0 Å². The van der Waals surface area contributed by atoms with Gasteiger partial charge in [0, 0.05) is 11.6 Å². The van der Waals surface area contributed by atoms with Crippen LogP contribution in [-0.4, -0.2) is 40.6 Å². The zero-order valence-corrected chi connectivity index (χ0v) is 17.1. The lowest BCUT2D eigenvalue weighted by atomic mass is 9.77. The van der Waals surface area contributed by atoms with Gasteiger partial charge in [-0.3, -0.25) is 19.8 Å². The molecule has 2 aliphatic rings. The quantitative estimate of drug-likeness (QED) is 0.522. The number of nitrogens with zero attached hydrogens (tertiary/aromatic N) is 1. The van der Waals surface area contributed by atoms with Gasteiger partial charge in [-0.1, -0.05) is 32.8 Å². The fraction of sp³-hybridized carbons (Fsp3) is 0.550. The Morgan fingerprint density at radius 2 is 1.78 bits per heavy atom. The molecule has 1 heterocycles. The first kappa shape index (κ1) is 23.9. The van der Waals surface area contributed by atoms with Crippen molar-refractivity contribution in [2.45, 2.75) is 57.2 Å². The monoisotopic (exact) mass is 465 g/mol. The summed E-state index contributed by atoms with van der Waals surface area (Å²) in [6, 6.07) is 0.613. The molecule has 32 heavy (non-hydrogen) atoms. The normalized spacial score (nSPS) is 29.1. The molecule has 1 aliphatic carbocycles. The molecule has 1 aromatic carbocycles. The molecule has 0 bridgehead atoms. The van der Waals surface area contributed by atoms with Crippen LogP contribution in [0.4, 0.5) is 31.1 Å². The van der Waals surface area contributed by atoms with Crippen molar-refractivity contribution in [1.29, 1.82) is 0 Å². The number of alkyl halides is 6. The van der Waals surface area contributed by atoms with Gasteiger partial charge in [0.05, 0.1) is 5.56 Å². The molecular formula is C20H21F6N3O3. The maximum absolute atomic E-state index is 14.0. The van der Waals surface area contributed by atoms with E-state index in [9.17, 15) is 40.7 Å². The second kappa shape index (κ2) is 7.96. The van der Waals surface area contributed by atoms with Gasteiger partial charge in [0.1, 0.15) is 0 Å². The van der Waals surface area contributed by atoms with Crippen LogP contribution in [0, 0.1) is 11.8 Å². The molecule has 0 radical (unpaired) electrons. The molecule has 1 aromatic rings. The Kier molecular flexibility index (Phi) is 5.94. The van der Waals surface area contributed by atoms with Crippen LogP contribution in [0.1, 0.15) is 49.0 Å². The molecule has 4 atom stereocenters. The summed E-state index contributed by atoms with van der Waals surface area (Å²) in [5.41, 5.74) is -5.78. The molecule has 6 nitrogen and oxygen atoms in total. The second-order valence-corrected chi connectivity index (χ2v) is 8.22. The topological polar surface area (TPSA) is 78.5 Å². The maximum Gasteiger partial charge on any atom is 0.440 e. The molecule has 4 amide bonds. The van der Waals surface area contributed by atoms with E-state index in [4.69, 9.17) is 0 Å². The Labute approximate surface area is 179 Å². The minimum atomic E-state index is -5.45. The summed E-state index contributed by atoms with van der Waals surface area (Å²) in [6.07, 6.45) is -8.59. The number of hydrogen-bond donors (Lipinski definition) is 2. The van der Waals surface area contributed by atoms with E-state index in [2.05, 4.69) is 0 Å². The largest absolute Gasteiger partial charge is 0.440 e. The van der Waals surface area contributed by atoms with Gasteiger partial charge in [-0.15, -0.1) is 0 Å². The SMILES string of the molecule is C[C@H]1[C@H](N2C(=O)N[C@@](NC(=O)c3cccc(C(F)(F)F)c3)(C(F)(F)F)C2=O)CCC[C@@H]1C. The summed E-state index contributed by atoms with van der Waals surface area (Å²) in [4.78, 5) is 38.4. The van der Waals surface area contributed by atoms with Crippen LogP contribution in [0.5, 0.6) is 0 Å². The van der Waals surface area contributed by atoms with Crippen molar-refractivity contribution >= 4 is 17.8 Å². The Morgan fingerprint density at radius 3 is 2.38 bits per heavy atom. The number of carbonyl (C=O) groups excluding carboxylic acids is 3. The van der Waals surface area contributed by atoms with Gasteiger partial charge in [-0.2, -0.15) is 26.3 Å². The highest BCUT2D eigenvalue weighted by atomic mass is 19.4. The number of urea groups is 1. The fourth-order valence-electron chi connectivity index (χ4n) is 4.19. The fourth-order valence-corrected chi connectivity index (χ4v) is 4.19. The second-order valence-electron chi connectivity index (χ2n) is 8.22. The molecule has 1 saturated carbocycles. The Morgan fingerprint density at radius 1 is 1.12 bits per heavy atom. The van der Waals surface area contributed by atoms with Gasteiger partial charge in [-0.25, -0.2) is 4.79 Å². The minimum absolute atomic E-state index is 0.0509. The van der Waals surface area contributed by atoms with Gasteiger partial charge in [0.25, 0.3) is 17.5 Å². The molecule has 1 saturated heterocycles. The van der Waals surface area contributed by atoms with Crippen LogP contribution in [0.15, 0.2) is 24.3 Å². The highest BCUT2D eigenvalue weighted by molar-refractivity contribution is 6.10. The van der Waals surface area contributed by atoms with E-state index < -0.39 is 53.0 Å². The number of nitrogens with one attached hydrogen (secondary N) is 2. The van der Waals surface area contributed by atoms with Crippen LogP contribution in [0.25, 0.3) is 0 Å². The van der Waals surface area contributed by atoms with E-state index >= 15 is 0 Å². The lowest BCUT2D eigenvalue weighted by Crippen LogP contribution is -2.69. The number of hydrogen-bond acceptors (Lipinski definition) is 3. The van der Waals surface area contributed by atoms with Crippen molar-refractivity contribution < 1.29 is 40.7 Å². The number of carbonyl (C=O) groups is 3. The lowest BCUT2D eigenvalue weighted by molar-refractivity contribution is -0.201. The number of benzene rings is 1. The molecule has 2 N–H and O–H groups in total. The van der Waals surface area contributed by atoms with Crippen LogP contribution in [0.2, 0.25) is 0 Å². The predicted molar refractivity (Wildman–Crippen MR) is 99.0 cm³/mol. The van der Waals surface area contributed by atoms with Crippen molar-refractivity contribution in [3.63, 3.8) is 0 Å². The van der Waals surface area contributed by atoms with Gasteiger partial charge in [0.2, 0.25) is 0 Å². The lowest BCUT2D eigenvalue weighted by Gasteiger charge is -2.38. The summed E-state index contributed by atoms with van der Waals surface area (Å²) < 4.78 is 80.9. The van der Waals surface area contributed by atoms with Crippen LogP contribution < -0.4 is 10.6 Å². The minimum Gasteiger partial charge on any atom is -0.314 e. The van der Waals surface area contributed by atoms with E-state index in [0.29, 0.717) is 29.9 Å². The zero-order chi connectivity index (χ0) is 24.1. The van der Waals surface area contributed by atoms with Crippen molar-refractivity contribution in [1.82, 2.24) is 15.5 Å². The molecule has 0 aromatic heterocycles. The average molecular weight is 465 g/mol. The summed E-state index contributed by atoms with van der Waals surface area (Å²) >= 11 is 0.